The first-order valence-electron chi connectivity index (χ1n) is 5.99. The van der Waals surface area contributed by atoms with E-state index in [0.717, 1.165) is 23.7 Å². The molecule has 2 aromatic rings. The van der Waals surface area contributed by atoms with Crippen LogP contribution in [0.5, 0.6) is 0 Å². The lowest BCUT2D eigenvalue weighted by Gasteiger charge is -2.07. The van der Waals surface area contributed by atoms with E-state index in [-0.39, 0.29) is 22.9 Å². The average molecular weight is 316 g/mol. The lowest BCUT2D eigenvalue weighted by Crippen LogP contribution is -2.07. The molecule has 21 heavy (non-hydrogen) atoms. The van der Waals surface area contributed by atoms with Gasteiger partial charge in [0.05, 0.1) is 12.3 Å². The van der Waals surface area contributed by atoms with Gasteiger partial charge in [-0.2, -0.15) is 4.37 Å². The van der Waals surface area contributed by atoms with Crippen molar-refractivity contribution in [2.24, 2.45) is 0 Å². The summed E-state index contributed by atoms with van der Waals surface area (Å²) in [6.45, 7) is 3.46. The molecule has 1 N–H and O–H groups in total. The molecule has 0 aliphatic heterocycles. The Kier molecular flexibility index (Phi) is 4.46. The van der Waals surface area contributed by atoms with Gasteiger partial charge in [0, 0.05) is 17.8 Å². The van der Waals surface area contributed by atoms with Gasteiger partial charge in [-0.1, -0.05) is 0 Å². The van der Waals surface area contributed by atoms with E-state index in [4.69, 9.17) is 4.74 Å². The van der Waals surface area contributed by atoms with Crippen molar-refractivity contribution in [2.45, 2.75) is 13.8 Å². The van der Waals surface area contributed by atoms with E-state index in [1.807, 2.05) is 0 Å². The van der Waals surface area contributed by atoms with Crippen LogP contribution in [0.1, 0.15) is 23.0 Å². The zero-order valence-corrected chi connectivity index (χ0v) is 12.0. The van der Waals surface area contributed by atoms with Crippen LogP contribution in [-0.2, 0) is 4.74 Å². The van der Waals surface area contributed by atoms with Crippen molar-refractivity contribution in [3.8, 4) is 0 Å². The number of benzene rings is 1. The smallest absolute Gasteiger partial charge is 0.343 e. The number of ether oxygens (including phenoxy) is 1. The molecular weight excluding hydrogens is 305 g/mol. The fourth-order valence-corrected chi connectivity index (χ4v) is 2.46. The van der Waals surface area contributed by atoms with Crippen molar-refractivity contribution in [3.63, 3.8) is 0 Å². The fraction of sp³-hybridized carbons (Fsp3) is 0.231. The molecule has 0 bridgehead atoms. The predicted octanol–water partition coefficient (Wildman–Crippen LogP) is 3.79. The van der Waals surface area contributed by atoms with E-state index in [9.17, 15) is 18.0 Å². The number of hydrogen-bond donors (Lipinski definition) is 1. The van der Waals surface area contributed by atoms with Crippen LogP contribution in [-0.4, -0.2) is 16.9 Å². The molecule has 1 aromatic heterocycles. The third kappa shape index (κ3) is 3.15. The van der Waals surface area contributed by atoms with Gasteiger partial charge >= 0.3 is 5.97 Å². The number of carbonyl (C=O) groups excluding carboxylic acids is 1. The summed E-state index contributed by atoms with van der Waals surface area (Å²) in [7, 11) is 0. The highest BCUT2D eigenvalue weighted by molar-refractivity contribution is 7.10. The van der Waals surface area contributed by atoms with E-state index >= 15 is 0 Å². The van der Waals surface area contributed by atoms with E-state index < -0.39 is 23.4 Å². The van der Waals surface area contributed by atoms with Gasteiger partial charge in [-0.25, -0.2) is 18.0 Å². The van der Waals surface area contributed by atoms with Crippen LogP contribution in [0, 0.1) is 24.4 Å². The maximum atomic E-state index is 13.2. The second-order valence-electron chi connectivity index (χ2n) is 4.07. The summed E-state index contributed by atoms with van der Waals surface area (Å²) in [5, 5.41) is 2.92. The summed E-state index contributed by atoms with van der Waals surface area (Å²) >= 11 is 0.941. The van der Waals surface area contributed by atoms with E-state index in [1.165, 1.54) is 0 Å². The Morgan fingerprint density at radius 2 is 1.95 bits per heavy atom. The molecule has 0 atom stereocenters. The van der Waals surface area contributed by atoms with Crippen LogP contribution in [0.4, 0.5) is 23.9 Å². The molecular formula is C13H11F3N2O2S. The summed E-state index contributed by atoms with van der Waals surface area (Å²) in [6, 6.07) is 1.59. The number of hydrogen-bond acceptors (Lipinski definition) is 5. The van der Waals surface area contributed by atoms with Gasteiger partial charge in [-0.05, 0) is 25.4 Å². The Morgan fingerprint density at radius 3 is 2.52 bits per heavy atom. The van der Waals surface area contributed by atoms with Crippen molar-refractivity contribution in [2.75, 3.05) is 11.9 Å². The van der Waals surface area contributed by atoms with Crippen LogP contribution in [0.3, 0.4) is 0 Å². The number of esters is 1. The van der Waals surface area contributed by atoms with Crippen molar-refractivity contribution in [1.29, 1.82) is 0 Å². The van der Waals surface area contributed by atoms with Gasteiger partial charge in [-0.15, -0.1) is 0 Å². The lowest BCUT2D eigenvalue weighted by molar-refractivity contribution is 0.0527. The zero-order valence-electron chi connectivity index (χ0n) is 11.2. The maximum absolute atomic E-state index is 13.2. The Hall–Kier alpha value is -2.09. The minimum atomic E-state index is -1.55. The minimum absolute atomic E-state index is 0.0272. The van der Waals surface area contributed by atoms with Crippen LogP contribution >= 0.6 is 11.5 Å². The third-order valence-electron chi connectivity index (χ3n) is 2.58. The summed E-state index contributed by atoms with van der Waals surface area (Å²) in [4.78, 5) is 11.8. The topological polar surface area (TPSA) is 51.2 Å². The third-order valence-corrected chi connectivity index (χ3v) is 3.44. The molecule has 0 unspecified atom stereocenters. The van der Waals surface area contributed by atoms with Crippen molar-refractivity contribution in [3.05, 3.63) is 40.8 Å². The van der Waals surface area contributed by atoms with Crippen LogP contribution in [0.25, 0.3) is 0 Å². The van der Waals surface area contributed by atoms with Crippen LogP contribution < -0.4 is 5.32 Å². The number of nitrogens with one attached hydrogen (secondary N) is 1. The molecule has 0 spiro atoms. The number of anilines is 2. The Morgan fingerprint density at radius 1 is 1.33 bits per heavy atom. The number of aryl methyl sites for hydroxylation is 1. The Balaban J connectivity index is 2.34. The first kappa shape index (κ1) is 15.3. The molecule has 1 heterocycles. The van der Waals surface area contributed by atoms with Gasteiger partial charge in [-0.3, -0.25) is 0 Å². The highest BCUT2D eigenvalue weighted by Crippen LogP contribution is 2.29. The van der Waals surface area contributed by atoms with Gasteiger partial charge < -0.3 is 10.1 Å². The van der Waals surface area contributed by atoms with Crippen LogP contribution in [0.2, 0.25) is 0 Å². The monoisotopic (exact) mass is 316 g/mol. The number of aromatic nitrogens is 1. The van der Waals surface area contributed by atoms with E-state index in [1.54, 1.807) is 13.8 Å². The lowest BCUT2D eigenvalue weighted by atomic mass is 10.2. The zero-order chi connectivity index (χ0) is 15.6. The van der Waals surface area contributed by atoms with Gasteiger partial charge in [0.25, 0.3) is 0 Å². The molecule has 0 amide bonds. The molecule has 0 saturated heterocycles. The number of nitrogens with zero attached hydrogens (tertiary/aromatic N) is 1. The van der Waals surface area contributed by atoms with Crippen molar-refractivity contribution >= 4 is 28.2 Å². The normalized spacial score (nSPS) is 10.5. The summed E-state index contributed by atoms with van der Waals surface area (Å²) in [5.74, 6) is -4.78. The Labute approximate surface area is 122 Å². The maximum Gasteiger partial charge on any atom is 0.343 e. The average Bonchev–Trinajstić information content (AvgIpc) is 2.77. The van der Waals surface area contributed by atoms with Crippen molar-refractivity contribution in [1.82, 2.24) is 4.37 Å². The number of rotatable bonds is 4. The number of carbonyl (C=O) groups is 1. The highest BCUT2D eigenvalue weighted by atomic mass is 32.1. The molecule has 1 aromatic carbocycles. The van der Waals surface area contributed by atoms with Gasteiger partial charge in [0.2, 0.25) is 0 Å². The molecule has 4 nitrogen and oxygen atoms in total. The van der Waals surface area contributed by atoms with E-state index in [0.29, 0.717) is 5.69 Å². The molecule has 0 radical (unpaired) electrons. The highest BCUT2D eigenvalue weighted by Gasteiger charge is 2.20. The first-order valence-corrected chi connectivity index (χ1v) is 6.76. The van der Waals surface area contributed by atoms with Crippen LogP contribution in [0.15, 0.2) is 12.1 Å². The Bertz CT molecular complexity index is 665. The first-order chi connectivity index (χ1) is 9.93. The minimum Gasteiger partial charge on any atom is -0.462 e. The van der Waals surface area contributed by atoms with E-state index in [2.05, 4.69) is 9.69 Å². The largest absolute Gasteiger partial charge is 0.462 e. The second-order valence-corrected chi connectivity index (χ2v) is 4.84. The second kappa shape index (κ2) is 6.13. The molecule has 0 aliphatic rings. The standard InChI is InChI=1S/C13H11F3N2O2S/c1-3-20-13(19)10-6(2)18-21-12(10)17-7-4-8(14)11(16)9(15)5-7/h4-5,17H,3H2,1-2H3. The molecule has 0 aliphatic carbocycles. The predicted molar refractivity (Wildman–Crippen MR) is 72.4 cm³/mol. The summed E-state index contributed by atoms with van der Waals surface area (Å²) in [6.07, 6.45) is 0. The molecule has 0 fully saturated rings. The summed E-state index contributed by atoms with van der Waals surface area (Å²) in [5.41, 5.74) is 0.594. The fourth-order valence-electron chi connectivity index (χ4n) is 1.66. The number of halogens is 3. The van der Waals surface area contributed by atoms with Gasteiger partial charge in [0.15, 0.2) is 17.5 Å². The molecule has 112 valence electrons. The molecule has 0 saturated carbocycles. The molecule has 2 rings (SSSR count). The van der Waals surface area contributed by atoms with Crippen molar-refractivity contribution < 1.29 is 22.7 Å². The SMILES string of the molecule is CCOC(=O)c1c(C)nsc1Nc1cc(F)c(F)c(F)c1. The molecule has 8 heteroatoms. The quantitative estimate of drug-likeness (QED) is 0.689. The van der Waals surface area contributed by atoms with Gasteiger partial charge in [0.1, 0.15) is 10.6 Å². The summed E-state index contributed by atoms with van der Waals surface area (Å²) < 4.78 is 48.1.